The average molecular weight is 372 g/mol. The van der Waals surface area contributed by atoms with Gasteiger partial charge in [0.2, 0.25) is 5.95 Å². The summed E-state index contributed by atoms with van der Waals surface area (Å²) in [7, 11) is 0. The van der Waals surface area contributed by atoms with Gasteiger partial charge in [-0.25, -0.2) is 15.0 Å². The molecule has 5 rings (SSSR count). The van der Waals surface area contributed by atoms with Crippen molar-refractivity contribution in [3.8, 4) is 11.3 Å². The molecular formula is C20H16N6O2. The molecule has 1 aliphatic rings. The lowest BCUT2D eigenvalue weighted by Gasteiger charge is -2.09. The summed E-state index contributed by atoms with van der Waals surface area (Å²) >= 11 is 0. The minimum absolute atomic E-state index is 0.303. The van der Waals surface area contributed by atoms with Gasteiger partial charge in [-0.3, -0.25) is 15.6 Å². The summed E-state index contributed by atoms with van der Waals surface area (Å²) in [5, 5.41) is 4.77. The number of hydrazine groups is 1. The summed E-state index contributed by atoms with van der Waals surface area (Å²) in [6, 6.07) is 13.1. The van der Waals surface area contributed by atoms with Crippen LogP contribution >= 0.6 is 0 Å². The van der Waals surface area contributed by atoms with Crippen molar-refractivity contribution in [2.45, 2.75) is 18.8 Å². The molecule has 8 nitrogen and oxygen atoms in total. The molecule has 0 spiro atoms. The van der Waals surface area contributed by atoms with Crippen LogP contribution in [0.15, 0.2) is 59.4 Å². The summed E-state index contributed by atoms with van der Waals surface area (Å²) < 4.78 is 5.49. The van der Waals surface area contributed by atoms with Gasteiger partial charge < -0.3 is 4.52 Å². The highest BCUT2D eigenvalue weighted by atomic mass is 16.5. The Morgan fingerprint density at radius 1 is 1.07 bits per heavy atom. The number of pyridine rings is 1. The minimum Gasteiger partial charge on any atom is -0.335 e. The van der Waals surface area contributed by atoms with Crippen LogP contribution in [0.4, 0.5) is 5.95 Å². The van der Waals surface area contributed by atoms with E-state index in [1.54, 1.807) is 18.5 Å². The van der Waals surface area contributed by atoms with Gasteiger partial charge in [0.15, 0.2) is 0 Å². The Morgan fingerprint density at radius 2 is 1.86 bits per heavy atom. The Hall–Kier alpha value is -3.81. The van der Waals surface area contributed by atoms with Gasteiger partial charge in [0, 0.05) is 29.6 Å². The fraction of sp³-hybridized carbons (Fsp3) is 0.150. The Kier molecular flexibility index (Phi) is 3.93. The highest BCUT2D eigenvalue weighted by Gasteiger charge is 2.29. The fourth-order valence-electron chi connectivity index (χ4n) is 3.07. The molecule has 0 bridgehead atoms. The van der Waals surface area contributed by atoms with E-state index >= 15 is 0 Å². The molecule has 1 fully saturated rings. The number of benzene rings is 1. The highest BCUT2D eigenvalue weighted by Crippen LogP contribution is 2.41. The van der Waals surface area contributed by atoms with Gasteiger partial charge in [-0.05, 0) is 25.0 Å². The van der Waals surface area contributed by atoms with Gasteiger partial charge in [-0.1, -0.05) is 35.5 Å². The smallest absolute Gasteiger partial charge is 0.270 e. The molecule has 2 N–H and O–H groups in total. The van der Waals surface area contributed by atoms with E-state index in [2.05, 4.69) is 31.0 Å². The van der Waals surface area contributed by atoms with Crippen LogP contribution < -0.4 is 10.9 Å². The molecule has 0 atom stereocenters. The van der Waals surface area contributed by atoms with E-state index in [0.717, 1.165) is 24.1 Å². The summed E-state index contributed by atoms with van der Waals surface area (Å²) in [6.07, 6.45) is 5.31. The third-order valence-corrected chi connectivity index (χ3v) is 4.61. The first-order valence-corrected chi connectivity index (χ1v) is 8.99. The van der Waals surface area contributed by atoms with E-state index in [0.29, 0.717) is 34.2 Å². The Morgan fingerprint density at radius 3 is 2.61 bits per heavy atom. The molecule has 28 heavy (non-hydrogen) atoms. The Bertz CT molecular complexity index is 1140. The number of fused-ring (bicyclic) bond motifs is 1. The van der Waals surface area contributed by atoms with Crippen molar-refractivity contribution in [2.75, 3.05) is 5.43 Å². The summed E-state index contributed by atoms with van der Waals surface area (Å²) in [4.78, 5) is 25.6. The third-order valence-electron chi connectivity index (χ3n) is 4.61. The SMILES string of the molecule is O=C(NNc1ncccn1)c1cc(C2CC2)nc2onc(-c3ccccc3)c12. The van der Waals surface area contributed by atoms with E-state index in [4.69, 9.17) is 4.52 Å². The Labute approximate surface area is 160 Å². The number of hydrogen-bond acceptors (Lipinski definition) is 7. The topological polar surface area (TPSA) is 106 Å². The molecule has 0 unspecified atom stereocenters. The van der Waals surface area contributed by atoms with Gasteiger partial charge in [-0.15, -0.1) is 0 Å². The summed E-state index contributed by atoms with van der Waals surface area (Å²) in [5.74, 6) is 0.339. The molecule has 8 heteroatoms. The quantitative estimate of drug-likeness (QED) is 0.518. The van der Waals surface area contributed by atoms with Crippen molar-refractivity contribution in [3.63, 3.8) is 0 Å². The van der Waals surface area contributed by atoms with Crippen LogP contribution in [-0.4, -0.2) is 26.0 Å². The summed E-state index contributed by atoms with van der Waals surface area (Å²) in [6.45, 7) is 0. The fourth-order valence-corrected chi connectivity index (χ4v) is 3.07. The standard InChI is InChI=1S/C20H16N6O2/c27-18(24-25-20-21-9-4-10-22-20)14-11-15(12-7-8-12)23-19-16(14)17(26-28-19)13-5-2-1-3-6-13/h1-6,9-12H,7-8H2,(H,24,27)(H,21,22,25). The zero-order valence-electron chi connectivity index (χ0n) is 14.8. The number of carbonyl (C=O) groups excluding carboxylic acids is 1. The summed E-state index contributed by atoms with van der Waals surface area (Å²) in [5.41, 5.74) is 8.50. The zero-order chi connectivity index (χ0) is 18.9. The molecule has 138 valence electrons. The van der Waals surface area contributed by atoms with E-state index < -0.39 is 0 Å². The van der Waals surface area contributed by atoms with Crippen LogP contribution in [0, 0.1) is 0 Å². The van der Waals surface area contributed by atoms with Crippen molar-refractivity contribution in [2.24, 2.45) is 0 Å². The molecule has 0 aliphatic heterocycles. The first kappa shape index (κ1) is 16.4. The van der Waals surface area contributed by atoms with Crippen molar-refractivity contribution < 1.29 is 9.32 Å². The molecule has 3 aromatic heterocycles. The average Bonchev–Trinajstić information content (AvgIpc) is 3.52. The zero-order valence-corrected chi connectivity index (χ0v) is 14.8. The van der Waals surface area contributed by atoms with Gasteiger partial charge in [0.05, 0.1) is 10.9 Å². The van der Waals surface area contributed by atoms with E-state index in [1.165, 1.54) is 0 Å². The highest BCUT2D eigenvalue weighted by molar-refractivity contribution is 6.09. The molecule has 3 heterocycles. The van der Waals surface area contributed by atoms with Crippen molar-refractivity contribution in [3.05, 3.63) is 66.1 Å². The molecular weight excluding hydrogens is 356 g/mol. The van der Waals surface area contributed by atoms with E-state index in [-0.39, 0.29) is 5.91 Å². The number of hydrogen-bond donors (Lipinski definition) is 2. The first-order chi connectivity index (χ1) is 13.8. The maximum Gasteiger partial charge on any atom is 0.270 e. The van der Waals surface area contributed by atoms with E-state index in [9.17, 15) is 4.79 Å². The van der Waals surface area contributed by atoms with E-state index in [1.807, 2.05) is 36.4 Å². The van der Waals surface area contributed by atoms with Crippen LogP contribution in [-0.2, 0) is 0 Å². The lowest BCUT2D eigenvalue weighted by atomic mass is 10.0. The largest absolute Gasteiger partial charge is 0.335 e. The normalized spacial score (nSPS) is 13.4. The molecule has 0 radical (unpaired) electrons. The lowest BCUT2D eigenvalue weighted by molar-refractivity contribution is 0.0963. The number of amides is 1. The van der Waals surface area contributed by atoms with Gasteiger partial charge in [-0.2, -0.15) is 0 Å². The molecule has 4 aromatic rings. The first-order valence-electron chi connectivity index (χ1n) is 8.99. The molecule has 1 aliphatic carbocycles. The van der Waals surface area contributed by atoms with Gasteiger partial charge in [0.1, 0.15) is 5.69 Å². The Balaban J connectivity index is 1.57. The maximum atomic E-state index is 13.0. The second-order valence-corrected chi connectivity index (χ2v) is 6.60. The van der Waals surface area contributed by atoms with Crippen LogP contribution in [0.3, 0.4) is 0 Å². The van der Waals surface area contributed by atoms with Crippen LogP contribution in [0.2, 0.25) is 0 Å². The van der Waals surface area contributed by atoms with Crippen molar-refractivity contribution in [1.29, 1.82) is 0 Å². The minimum atomic E-state index is -0.331. The second-order valence-electron chi connectivity index (χ2n) is 6.60. The number of nitrogens with zero attached hydrogens (tertiary/aromatic N) is 4. The molecule has 1 aromatic carbocycles. The second kappa shape index (κ2) is 6.73. The van der Waals surface area contributed by atoms with Crippen LogP contribution in [0.5, 0.6) is 0 Å². The third kappa shape index (κ3) is 3.05. The van der Waals surface area contributed by atoms with Crippen LogP contribution in [0.25, 0.3) is 22.4 Å². The number of nitrogens with one attached hydrogen (secondary N) is 2. The molecule has 0 saturated heterocycles. The maximum absolute atomic E-state index is 13.0. The lowest BCUT2D eigenvalue weighted by Crippen LogP contribution is -2.30. The predicted molar refractivity (Wildman–Crippen MR) is 102 cm³/mol. The molecule has 1 amide bonds. The van der Waals surface area contributed by atoms with Crippen LogP contribution in [0.1, 0.15) is 34.8 Å². The number of carbonyl (C=O) groups is 1. The van der Waals surface area contributed by atoms with Crippen molar-refractivity contribution in [1.82, 2.24) is 25.5 Å². The predicted octanol–water partition coefficient (Wildman–Crippen LogP) is 3.31. The number of rotatable bonds is 5. The molecule has 1 saturated carbocycles. The van der Waals surface area contributed by atoms with Gasteiger partial charge >= 0.3 is 0 Å². The van der Waals surface area contributed by atoms with Gasteiger partial charge in [0.25, 0.3) is 11.6 Å². The number of anilines is 1. The van der Waals surface area contributed by atoms with Crippen molar-refractivity contribution >= 4 is 23.0 Å². The monoisotopic (exact) mass is 372 g/mol. The number of aromatic nitrogens is 4.